The fourth-order valence-corrected chi connectivity index (χ4v) is 2.30. The van der Waals surface area contributed by atoms with Gasteiger partial charge in [-0.15, -0.1) is 0 Å². The molecule has 0 spiro atoms. The topological polar surface area (TPSA) is 60.8 Å². The van der Waals surface area contributed by atoms with Gasteiger partial charge in [0.25, 0.3) is 0 Å². The van der Waals surface area contributed by atoms with Crippen molar-refractivity contribution < 1.29 is 15.0 Å². The van der Waals surface area contributed by atoms with Crippen molar-refractivity contribution in [3.63, 3.8) is 0 Å². The third kappa shape index (κ3) is 4.10. The van der Waals surface area contributed by atoms with Gasteiger partial charge < -0.3 is 15.1 Å². The maximum Gasteiger partial charge on any atom is 0.222 e. The molecule has 0 aliphatic carbocycles. The van der Waals surface area contributed by atoms with Crippen molar-refractivity contribution in [2.45, 2.75) is 45.1 Å². The number of nitrogens with zero attached hydrogens (tertiary/aromatic N) is 1. The number of amides is 1. The minimum absolute atomic E-state index is 0.117. The SMILES string of the molecule is CCCC1CCC(=O)N(CC(O)CO)CC1. The van der Waals surface area contributed by atoms with E-state index in [1.54, 1.807) is 4.90 Å². The number of hydrogen-bond donors (Lipinski definition) is 2. The van der Waals surface area contributed by atoms with Gasteiger partial charge in [-0.05, 0) is 18.8 Å². The summed E-state index contributed by atoms with van der Waals surface area (Å²) in [5.41, 5.74) is 0. The second-order valence-electron chi connectivity index (χ2n) is 4.66. The minimum atomic E-state index is -0.799. The second kappa shape index (κ2) is 6.86. The van der Waals surface area contributed by atoms with Gasteiger partial charge in [-0.25, -0.2) is 0 Å². The molecular weight excluding hydrogens is 206 g/mol. The predicted octanol–water partition coefficient (Wildman–Crippen LogP) is 0.768. The van der Waals surface area contributed by atoms with Gasteiger partial charge in [0.2, 0.25) is 5.91 Å². The molecule has 1 aliphatic rings. The molecule has 0 bridgehead atoms. The van der Waals surface area contributed by atoms with E-state index in [0.717, 1.165) is 25.8 Å². The number of carbonyl (C=O) groups is 1. The van der Waals surface area contributed by atoms with E-state index < -0.39 is 6.10 Å². The predicted molar refractivity (Wildman–Crippen MR) is 61.9 cm³/mol. The molecule has 1 heterocycles. The summed E-state index contributed by atoms with van der Waals surface area (Å²) in [6.45, 7) is 2.89. The Hall–Kier alpha value is -0.610. The van der Waals surface area contributed by atoms with Gasteiger partial charge in [0.15, 0.2) is 0 Å². The van der Waals surface area contributed by atoms with Gasteiger partial charge in [0.1, 0.15) is 0 Å². The molecule has 4 nitrogen and oxygen atoms in total. The van der Waals surface area contributed by atoms with Crippen LogP contribution in [0.15, 0.2) is 0 Å². The van der Waals surface area contributed by atoms with Crippen molar-refractivity contribution in [2.24, 2.45) is 5.92 Å². The first-order valence-corrected chi connectivity index (χ1v) is 6.24. The standard InChI is InChI=1S/C12H23NO3/c1-2-3-10-4-5-12(16)13(7-6-10)8-11(15)9-14/h10-11,14-15H,2-9H2,1H3. The van der Waals surface area contributed by atoms with Crippen molar-refractivity contribution in [3.05, 3.63) is 0 Å². The first-order valence-electron chi connectivity index (χ1n) is 6.24. The average Bonchev–Trinajstić information content (AvgIpc) is 2.44. The van der Waals surface area contributed by atoms with Crippen LogP contribution in [0.5, 0.6) is 0 Å². The number of aliphatic hydroxyl groups is 2. The van der Waals surface area contributed by atoms with Crippen LogP contribution in [-0.2, 0) is 4.79 Å². The van der Waals surface area contributed by atoms with Crippen LogP contribution >= 0.6 is 0 Å². The highest BCUT2D eigenvalue weighted by Crippen LogP contribution is 2.22. The summed E-state index contributed by atoms with van der Waals surface area (Å²) in [5, 5.41) is 18.1. The molecule has 1 rings (SSSR count). The third-order valence-electron chi connectivity index (χ3n) is 3.27. The van der Waals surface area contributed by atoms with Crippen molar-refractivity contribution in [2.75, 3.05) is 19.7 Å². The molecule has 0 radical (unpaired) electrons. The number of hydrogen-bond acceptors (Lipinski definition) is 3. The number of β-amino-alcohol motifs (C(OH)–C–C–N with tert-alkyl or cyclic N) is 1. The summed E-state index contributed by atoms with van der Waals surface area (Å²) >= 11 is 0. The highest BCUT2D eigenvalue weighted by molar-refractivity contribution is 5.76. The molecule has 0 aromatic carbocycles. The Kier molecular flexibility index (Phi) is 5.77. The molecule has 1 fully saturated rings. The summed E-state index contributed by atoms with van der Waals surface area (Å²) in [6, 6.07) is 0. The fraction of sp³-hybridized carbons (Fsp3) is 0.917. The van der Waals surface area contributed by atoms with E-state index in [1.807, 2.05) is 0 Å². The van der Waals surface area contributed by atoms with E-state index in [1.165, 1.54) is 6.42 Å². The Balaban J connectivity index is 2.44. The molecule has 4 heteroatoms. The molecule has 16 heavy (non-hydrogen) atoms. The Labute approximate surface area is 97.3 Å². The Morgan fingerprint density at radius 1 is 1.50 bits per heavy atom. The summed E-state index contributed by atoms with van der Waals surface area (Å²) in [5.74, 6) is 0.760. The average molecular weight is 229 g/mol. The quantitative estimate of drug-likeness (QED) is 0.732. The second-order valence-corrected chi connectivity index (χ2v) is 4.66. The van der Waals surface area contributed by atoms with Crippen LogP contribution in [0.3, 0.4) is 0 Å². The van der Waals surface area contributed by atoms with E-state index in [2.05, 4.69) is 6.92 Å². The maximum atomic E-state index is 11.7. The summed E-state index contributed by atoms with van der Waals surface area (Å²) in [4.78, 5) is 13.4. The lowest BCUT2D eigenvalue weighted by atomic mass is 9.96. The van der Waals surface area contributed by atoms with Crippen LogP contribution in [0, 0.1) is 5.92 Å². The maximum absolute atomic E-state index is 11.7. The first kappa shape index (κ1) is 13.5. The van der Waals surface area contributed by atoms with E-state index in [0.29, 0.717) is 12.3 Å². The molecule has 0 saturated carbocycles. The zero-order valence-electron chi connectivity index (χ0n) is 10.1. The highest BCUT2D eigenvalue weighted by Gasteiger charge is 2.23. The van der Waals surface area contributed by atoms with Gasteiger partial charge in [-0.3, -0.25) is 4.79 Å². The molecule has 2 atom stereocenters. The lowest BCUT2D eigenvalue weighted by molar-refractivity contribution is -0.132. The normalized spacial score (nSPS) is 24.3. The number of aliphatic hydroxyl groups excluding tert-OH is 2. The van der Waals surface area contributed by atoms with Crippen molar-refractivity contribution in [1.29, 1.82) is 0 Å². The smallest absolute Gasteiger partial charge is 0.222 e. The number of carbonyl (C=O) groups excluding carboxylic acids is 1. The Bertz CT molecular complexity index is 220. The third-order valence-corrected chi connectivity index (χ3v) is 3.27. The van der Waals surface area contributed by atoms with Crippen LogP contribution in [0.25, 0.3) is 0 Å². The summed E-state index contributed by atoms with van der Waals surface area (Å²) < 4.78 is 0. The zero-order valence-corrected chi connectivity index (χ0v) is 10.1. The largest absolute Gasteiger partial charge is 0.394 e. The van der Waals surface area contributed by atoms with Crippen LogP contribution in [0.2, 0.25) is 0 Å². The van der Waals surface area contributed by atoms with Gasteiger partial charge in [-0.1, -0.05) is 19.8 Å². The molecule has 0 aromatic rings. The van der Waals surface area contributed by atoms with Gasteiger partial charge in [0.05, 0.1) is 12.7 Å². The monoisotopic (exact) mass is 229 g/mol. The van der Waals surface area contributed by atoms with E-state index >= 15 is 0 Å². The Morgan fingerprint density at radius 3 is 2.88 bits per heavy atom. The van der Waals surface area contributed by atoms with Gasteiger partial charge in [-0.2, -0.15) is 0 Å². The molecule has 1 aliphatic heterocycles. The highest BCUT2D eigenvalue weighted by atomic mass is 16.3. The van der Waals surface area contributed by atoms with E-state index in [-0.39, 0.29) is 19.1 Å². The molecule has 94 valence electrons. The molecule has 1 amide bonds. The lowest BCUT2D eigenvalue weighted by Gasteiger charge is -2.23. The molecule has 2 N–H and O–H groups in total. The summed E-state index contributed by atoms with van der Waals surface area (Å²) in [7, 11) is 0. The summed E-state index contributed by atoms with van der Waals surface area (Å²) in [6.07, 6.45) is 4.13. The molecule has 1 saturated heterocycles. The van der Waals surface area contributed by atoms with E-state index in [4.69, 9.17) is 5.11 Å². The minimum Gasteiger partial charge on any atom is -0.394 e. The van der Waals surface area contributed by atoms with Crippen molar-refractivity contribution in [1.82, 2.24) is 4.90 Å². The van der Waals surface area contributed by atoms with E-state index in [9.17, 15) is 9.90 Å². The molecular formula is C12H23NO3. The lowest BCUT2D eigenvalue weighted by Crippen LogP contribution is -2.38. The van der Waals surface area contributed by atoms with Crippen LogP contribution < -0.4 is 0 Å². The van der Waals surface area contributed by atoms with Gasteiger partial charge >= 0.3 is 0 Å². The van der Waals surface area contributed by atoms with Crippen molar-refractivity contribution in [3.8, 4) is 0 Å². The van der Waals surface area contributed by atoms with Crippen LogP contribution in [0.1, 0.15) is 39.0 Å². The molecule has 2 unspecified atom stereocenters. The fourth-order valence-electron chi connectivity index (χ4n) is 2.30. The first-order chi connectivity index (χ1) is 7.67. The Morgan fingerprint density at radius 2 is 2.25 bits per heavy atom. The molecule has 0 aromatic heterocycles. The van der Waals surface area contributed by atoms with Crippen molar-refractivity contribution >= 4 is 5.91 Å². The number of likely N-dealkylation sites (tertiary alicyclic amines) is 1. The van der Waals surface area contributed by atoms with Crippen LogP contribution in [0.4, 0.5) is 0 Å². The van der Waals surface area contributed by atoms with Crippen LogP contribution in [-0.4, -0.2) is 46.8 Å². The zero-order chi connectivity index (χ0) is 12.0. The number of rotatable bonds is 5. The van der Waals surface area contributed by atoms with Gasteiger partial charge in [0, 0.05) is 19.5 Å².